The van der Waals surface area contributed by atoms with Crippen LogP contribution in [0.25, 0.3) is 5.69 Å². The molecule has 0 aliphatic rings. The Morgan fingerprint density at radius 2 is 1.96 bits per heavy atom. The third kappa shape index (κ3) is 3.59. The lowest BCUT2D eigenvalue weighted by Crippen LogP contribution is -2.14. The predicted molar refractivity (Wildman–Crippen MR) is 88.0 cm³/mol. The number of hydrogen-bond donors (Lipinski definition) is 1. The molecule has 0 unspecified atom stereocenters. The molecule has 0 aliphatic heterocycles. The zero-order valence-electron chi connectivity index (χ0n) is 13.3. The van der Waals surface area contributed by atoms with Gasteiger partial charge in [0.05, 0.1) is 23.1 Å². The molecule has 0 radical (unpaired) electrons. The van der Waals surface area contributed by atoms with Crippen LogP contribution in [0.3, 0.4) is 0 Å². The Kier molecular flexibility index (Phi) is 4.77. The number of halogens is 4. The van der Waals surface area contributed by atoms with Crippen molar-refractivity contribution < 1.29 is 22.4 Å². The van der Waals surface area contributed by atoms with E-state index in [9.17, 15) is 22.4 Å². The van der Waals surface area contributed by atoms with Gasteiger partial charge in [0.25, 0.3) is 5.91 Å². The number of thiazole rings is 1. The number of benzene rings is 1. The first-order valence-corrected chi connectivity index (χ1v) is 8.34. The highest BCUT2D eigenvalue weighted by molar-refractivity contribution is 7.14. The van der Waals surface area contributed by atoms with Crippen molar-refractivity contribution in [3.63, 3.8) is 0 Å². The standard InChI is InChI=1S/C16H12F4N4OS/c1-2-12-11(7-21-24(12)10-5-3-9(17)4-6-10)14(25)23-15-22-13(8-26-15)16(18,19)20/h3-8H,2H2,1H3,(H,22,23,25). The van der Waals surface area contributed by atoms with E-state index in [2.05, 4.69) is 15.4 Å². The summed E-state index contributed by atoms with van der Waals surface area (Å²) in [4.78, 5) is 15.8. The number of carbonyl (C=O) groups is 1. The predicted octanol–water partition coefficient (Wildman–Crippen LogP) is 4.30. The van der Waals surface area contributed by atoms with E-state index in [4.69, 9.17) is 0 Å². The van der Waals surface area contributed by atoms with Crippen molar-refractivity contribution in [2.75, 3.05) is 5.32 Å². The van der Waals surface area contributed by atoms with Gasteiger partial charge in [-0.2, -0.15) is 18.3 Å². The molecule has 10 heteroatoms. The Balaban J connectivity index is 1.86. The van der Waals surface area contributed by atoms with Gasteiger partial charge in [-0.25, -0.2) is 14.1 Å². The van der Waals surface area contributed by atoms with Crippen LogP contribution in [-0.4, -0.2) is 20.7 Å². The SMILES string of the molecule is CCc1c(C(=O)Nc2nc(C(F)(F)F)cs2)cnn1-c1ccc(F)cc1. The summed E-state index contributed by atoms with van der Waals surface area (Å²) in [6.45, 7) is 1.80. The van der Waals surface area contributed by atoms with Gasteiger partial charge in [-0.05, 0) is 30.7 Å². The fourth-order valence-corrected chi connectivity index (χ4v) is 3.05. The van der Waals surface area contributed by atoms with Crippen molar-refractivity contribution in [2.24, 2.45) is 0 Å². The second kappa shape index (κ2) is 6.87. The highest BCUT2D eigenvalue weighted by Gasteiger charge is 2.34. The maximum atomic E-state index is 13.1. The highest BCUT2D eigenvalue weighted by Crippen LogP contribution is 2.31. The van der Waals surface area contributed by atoms with E-state index < -0.39 is 23.6 Å². The number of nitrogens with one attached hydrogen (secondary N) is 1. The number of alkyl halides is 3. The molecule has 136 valence electrons. The Morgan fingerprint density at radius 3 is 2.54 bits per heavy atom. The van der Waals surface area contributed by atoms with Crippen LogP contribution in [0.5, 0.6) is 0 Å². The normalized spacial score (nSPS) is 11.6. The first-order chi connectivity index (χ1) is 12.3. The van der Waals surface area contributed by atoms with Crippen LogP contribution >= 0.6 is 11.3 Å². The Hall–Kier alpha value is -2.75. The largest absolute Gasteiger partial charge is 0.434 e. The summed E-state index contributed by atoms with van der Waals surface area (Å²) >= 11 is 0.686. The molecule has 2 heterocycles. The summed E-state index contributed by atoms with van der Waals surface area (Å²) in [6.07, 6.45) is -2.82. The van der Waals surface area contributed by atoms with Crippen LogP contribution in [0, 0.1) is 5.82 Å². The van der Waals surface area contributed by atoms with Crippen LogP contribution in [0.1, 0.15) is 28.7 Å². The van der Waals surface area contributed by atoms with Gasteiger partial charge in [0, 0.05) is 5.38 Å². The fraction of sp³-hybridized carbons (Fsp3) is 0.188. The molecule has 3 aromatic rings. The number of carbonyl (C=O) groups excluding carboxylic acids is 1. The number of nitrogens with zero attached hydrogens (tertiary/aromatic N) is 3. The van der Waals surface area contributed by atoms with Gasteiger partial charge in [-0.3, -0.25) is 10.1 Å². The molecule has 5 nitrogen and oxygen atoms in total. The van der Waals surface area contributed by atoms with Crippen molar-refractivity contribution in [2.45, 2.75) is 19.5 Å². The lowest BCUT2D eigenvalue weighted by molar-refractivity contribution is -0.140. The molecule has 0 spiro atoms. The number of anilines is 1. The lowest BCUT2D eigenvalue weighted by atomic mass is 10.2. The number of hydrogen-bond acceptors (Lipinski definition) is 4. The van der Waals surface area contributed by atoms with Crippen molar-refractivity contribution in [3.8, 4) is 5.69 Å². The van der Waals surface area contributed by atoms with E-state index in [0.29, 0.717) is 29.1 Å². The summed E-state index contributed by atoms with van der Waals surface area (Å²) < 4.78 is 52.3. The summed E-state index contributed by atoms with van der Waals surface area (Å²) in [5.41, 5.74) is 0.258. The minimum atomic E-state index is -4.57. The first kappa shape index (κ1) is 18.1. The fourth-order valence-electron chi connectivity index (χ4n) is 2.33. The third-order valence-corrected chi connectivity index (χ3v) is 4.29. The maximum Gasteiger partial charge on any atom is 0.434 e. The maximum absolute atomic E-state index is 13.1. The van der Waals surface area contributed by atoms with E-state index in [1.165, 1.54) is 35.1 Å². The van der Waals surface area contributed by atoms with E-state index in [-0.39, 0.29) is 10.7 Å². The van der Waals surface area contributed by atoms with Crippen LogP contribution in [-0.2, 0) is 12.6 Å². The molecule has 0 atom stereocenters. The molecule has 0 fully saturated rings. The molecular formula is C16H12F4N4OS. The third-order valence-electron chi connectivity index (χ3n) is 3.53. The zero-order valence-corrected chi connectivity index (χ0v) is 14.2. The number of aromatic nitrogens is 3. The summed E-state index contributed by atoms with van der Waals surface area (Å²) in [5, 5.41) is 7.16. The van der Waals surface area contributed by atoms with E-state index in [1.54, 1.807) is 6.92 Å². The molecule has 1 N–H and O–H groups in total. The van der Waals surface area contributed by atoms with E-state index in [1.807, 2.05) is 0 Å². The summed E-state index contributed by atoms with van der Waals surface area (Å²) in [5.74, 6) is -1.01. The molecule has 3 rings (SSSR count). The van der Waals surface area contributed by atoms with Gasteiger partial charge in [0.2, 0.25) is 0 Å². The molecule has 0 aliphatic carbocycles. The quantitative estimate of drug-likeness (QED) is 0.683. The molecule has 2 aromatic heterocycles. The van der Waals surface area contributed by atoms with Gasteiger partial charge in [0.15, 0.2) is 10.8 Å². The minimum Gasteiger partial charge on any atom is -0.298 e. The average Bonchev–Trinajstić information content (AvgIpc) is 3.21. The zero-order chi connectivity index (χ0) is 18.9. The molecular weight excluding hydrogens is 372 g/mol. The van der Waals surface area contributed by atoms with Crippen molar-refractivity contribution in [1.82, 2.24) is 14.8 Å². The molecule has 1 aromatic carbocycles. The Labute approximate surface area is 149 Å². The van der Waals surface area contributed by atoms with Crippen LogP contribution < -0.4 is 5.32 Å². The van der Waals surface area contributed by atoms with Gasteiger partial charge in [-0.15, -0.1) is 11.3 Å². The monoisotopic (exact) mass is 384 g/mol. The van der Waals surface area contributed by atoms with Crippen molar-refractivity contribution in [3.05, 3.63) is 58.6 Å². The second-order valence-corrected chi connectivity index (χ2v) is 6.09. The summed E-state index contributed by atoms with van der Waals surface area (Å²) in [6, 6.07) is 5.56. The van der Waals surface area contributed by atoms with E-state index in [0.717, 1.165) is 5.38 Å². The van der Waals surface area contributed by atoms with Crippen molar-refractivity contribution >= 4 is 22.4 Å². The van der Waals surface area contributed by atoms with Gasteiger partial charge >= 0.3 is 6.18 Å². The van der Waals surface area contributed by atoms with Crippen LogP contribution in [0.15, 0.2) is 35.8 Å². The van der Waals surface area contributed by atoms with Crippen LogP contribution in [0.4, 0.5) is 22.7 Å². The number of rotatable bonds is 4. The molecule has 0 bridgehead atoms. The molecule has 26 heavy (non-hydrogen) atoms. The minimum absolute atomic E-state index is 0.154. The number of amides is 1. The van der Waals surface area contributed by atoms with Gasteiger partial charge in [-0.1, -0.05) is 6.92 Å². The smallest absolute Gasteiger partial charge is 0.298 e. The van der Waals surface area contributed by atoms with Crippen molar-refractivity contribution in [1.29, 1.82) is 0 Å². The lowest BCUT2D eigenvalue weighted by Gasteiger charge is -2.08. The molecule has 0 saturated heterocycles. The first-order valence-electron chi connectivity index (χ1n) is 7.46. The highest BCUT2D eigenvalue weighted by atomic mass is 32.1. The summed E-state index contributed by atoms with van der Waals surface area (Å²) in [7, 11) is 0. The topological polar surface area (TPSA) is 59.8 Å². The van der Waals surface area contributed by atoms with E-state index >= 15 is 0 Å². The Bertz CT molecular complexity index is 931. The molecule has 0 saturated carbocycles. The molecule has 1 amide bonds. The van der Waals surface area contributed by atoms with Gasteiger partial charge in [0.1, 0.15) is 5.82 Å². The second-order valence-electron chi connectivity index (χ2n) is 5.24. The Morgan fingerprint density at radius 1 is 1.27 bits per heavy atom. The van der Waals surface area contributed by atoms with Gasteiger partial charge < -0.3 is 0 Å². The van der Waals surface area contributed by atoms with Crippen LogP contribution in [0.2, 0.25) is 0 Å². The average molecular weight is 384 g/mol.